The lowest BCUT2D eigenvalue weighted by Crippen LogP contribution is -2.35. The van der Waals surface area contributed by atoms with Crippen LogP contribution in [0.3, 0.4) is 0 Å². The Bertz CT molecular complexity index is 164. The van der Waals surface area contributed by atoms with Crippen molar-refractivity contribution in [1.29, 1.82) is 0 Å². The molecule has 1 aliphatic heterocycles. The first-order valence-corrected chi connectivity index (χ1v) is 2.58. The third-order valence-electron chi connectivity index (χ3n) is 1.07. The van der Waals surface area contributed by atoms with Crippen LogP contribution in [-0.2, 0) is 4.79 Å². The van der Waals surface area contributed by atoms with Crippen LogP contribution >= 0.6 is 0 Å². The first-order valence-electron chi connectivity index (χ1n) is 2.58. The maximum absolute atomic E-state index is 10.6. The number of carbonyl (C=O) groups excluding carboxylic acids is 1. The molecule has 1 atom stereocenters. The van der Waals surface area contributed by atoms with E-state index < -0.39 is 6.04 Å². The summed E-state index contributed by atoms with van der Waals surface area (Å²) >= 11 is 0. The van der Waals surface area contributed by atoms with Gasteiger partial charge in [-0.3, -0.25) is 10.1 Å². The highest BCUT2D eigenvalue weighted by molar-refractivity contribution is 6.04. The molecule has 5 heteroatoms. The number of nitrogens with one attached hydrogen (secondary N) is 1. The van der Waals surface area contributed by atoms with Crippen LogP contribution in [0.2, 0.25) is 0 Å². The molecule has 0 saturated carbocycles. The summed E-state index contributed by atoms with van der Waals surface area (Å²) in [5.41, 5.74) is 10.3. The molecule has 0 aliphatic carbocycles. The molecule has 9 heavy (non-hydrogen) atoms. The predicted molar refractivity (Wildman–Crippen MR) is 32.6 cm³/mol. The van der Waals surface area contributed by atoms with Gasteiger partial charge in [-0.1, -0.05) is 0 Å². The van der Waals surface area contributed by atoms with Crippen LogP contribution in [0.4, 0.5) is 0 Å². The van der Waals surface area contributed by atoms with E-state index in [-0.39, 0.29) is 18.4 Å². The summed E-state index contributed by atoms with van der Waals surface area (Å²) in [7, 11) is 0. The maximum Gasteiger partial charge on any atom is 0.252 e. The minimum atomic E-state index is -0.468. The van der Waals surface area contributed by atoms with Crippen LogP contribution in [-0.4, -0.2) is 24.5 Å². The van der Waals surface area contributed by atoms with Crippen molar-refractivity contribution >= 4 is 11.9 Å². The number of hydrogen-bond acceptors (Lipinski definition) is 4. The van der Waals surface area contributed by atoms with Crippen molar-refractivity contribution in [3.63, 3.8) is 0 Å². The van der Waals surface area contributed by atoms with Gasteiger partial charge in [0.05, 0.1) is 0 Å². The van der Waals surface area contributed by atoms with E-state index in [0.717, 1.165) is 0 Å². The van der Waals surface area contributed by atoms with Gasteiger partial charge in [0.25, 0.3) is 5.91 Å². The van der Waals surface area contributed by atoms with E-state index in [2.05, 4.69) is 10.3 Å². The number of aliphatic imine (C=N–C) groups is 1. The summed E-state index contributed by atoms with van der Waals surface area (Å²) in [5.74, 6) is -0.0505. The van der Waals surface area contributed by atoms with Crippen LogP contribution < -0.4 is 16.8 Å². The highest BCUT2D eigenvalue weighted by Crippen LogP contribution is 1.93. The quantitative estimate of drug-likeness (QED) is 0.372. The van der Waals surface area contributed by atoms with Crippen LogP contribution in [0.5, 0.6) is 0 Å². The Labute approximate surface area is 52.1 Å². The first kappa shape index (κ1) is 6.03. The van der Waals surface area contributed by atoms with Gasteiger partial charge in [-0.2, -0.15) is 0 Å². The monoisotopic (exact) mass is 128 g/mol. The van der Waals surface area contributed by atoms with Crippen molar-refractivity contribution < 1.29 is 4.79 Å². The third-order valence-corrected chi connectivity index (χ3v) is 1.07. The molecular weight excluding hydrogens is 120 g/mol. The molecule has 1 amide bonds. The van der Waals surface area contributed by atoms with Gasteiger partial charge in [-0.15, -0.1) is 0 Å². The van der Waals surface area contributed by atoms with Gasteiger partial charge in [0, 0.05) is 6.54 Å². The second-order valence-corrected chi connectivity index (χ2v) is 1.76. The summed E-state index contributed by atoms with van der Waals surface area (Å²) < 4.78 is 0. The van der Waals surface area contributed by atoms with E-state index in [1.54, 1.807) is 0 Å². The largest absolute Gasteiger partial charge is 0.370 e. The number of guanidine groups is 1. The Morgan fingerprint density at radius 2 is 2.44 bits per heavy atom. The summed E-state index contributed by atoms with van der Waals surface area (Å²) in [4.78, 5) is 14.3. The molecule has 0 saturated heterocycles. The topological polar surface area (TPSA) is 93.5 Å². The number of nitrogens with two attached hydrogens (primary N) is 2. The molecule has 0 bridgehead atoms. The highest BCUT2D eigenvalue weighted by atomic mass is 16.2. The first-order chi connectivity index (χ1) is 4.24. The fraction of sp³-hybridized carbons (Fsp3) is 0.500. The average molecular weight is 128 g/mol. The molecule has 1 rings (SSSR count). The fourth-order valence-corrected chi connectivity index (χ4v) is 0.628. The normalized spacial score (nSPS) is 25.7. The van der Waals surface area contributed by atoms with Crippen molar-refractivity contribution in [2.45, 2.75) is 6.04 Å². The molecule has 1 aliphatic rings. The molecule has 1 heterocycles. The summed E-state index contributed by atoms with van der Waals surface area (Å²) in [6.45, 7) is 0.215. The minimum Gasteiger partial charge on any atom is -0.370 e. The standard InChI is InChI=1S/C4H8N4O/c5-1-2-3(9)8-4(6)7-2/h2H,1,5H2,(H3,6,7,8,9). The second-order valence-electron chi connectivity index (χ2n) is 1.76. The molecule has 50 valence electrons. The predicted octanol–water partition coefficient (Wildman–Crippen LogP) is -2.24. The molecule has 0 spiro atoms. The molecule has 0 radical (unpaired) electrons. The van der Waals surface area contributed by atoms with Crippen molar-refractivity contribution in [2.75, 3.05) is 6.54 Å². The zero-order valence-corrected chi connectivity index (χ0v) is 4.79. The van der Waals surface area contributed by atoms with E-state index in [1.807, 2.05) is 0 Å². The molecule has 0 aromatic carbocycles. The van der Waals surface area contributed by atoms with Crippen molar-refractivity contribution in [3.8, 4) is 0 Å². The van der Waals surface area contributed by atoms with Gasteiger partial charge in [0.2, 0.25) is 0 Å². The Morgan fingerprint density at radius 1 is 1.78 bits per heavy atom. The Balaban J connectivity index is 2.64. The maximum atomic E-state index is 10.6. The van der Waals surface area contributed by atoms with Gasteiger partial charge in [-0.25, -0.2) is 4.99 Å². The average Bonchev–Trinajstić information content (AvgIpc) is 2.10. The van der Waals surface area contributed by atoms with Crippen molar-refractivity contribution in [2.24, 2.45) is 16.5 Å². The molecular formula is C4H8N4O. The van der Waals surface area contributed by atoms with E-state index >= 15 is 0 Å². The molecule has 0 fully saturated rings. The van der Waals surface area contributed by atoms with E-state index in [0.29, 0.717) is 0 Å². The Kier molecular flexibility index (Phi) is 1.35. The lowest BCUT2D eigenvalue weighted by molar-refractivity contribution is -0.119. The van der Waals surface area contributed by atoms with Crippen molar-refractivity contribution in [3.05, 3.63) is 0 Å². The van der Waals surface area contributed by atoms with Gasteiger partial charge in [0.15, 0.2) is 5.96 Å². The van der Waals surface area contributed by atoms with Gasteiger partial charge in [0.1, 0.15) is 6.04 Å². The molecule has 5 nitrogen and oxygen atoms in total. The zero-order chi connectivity index (χ0) is 6.85. The molecule has 0 aromatic heterocycles. The number of hydrogen-bond donors (Lipinski definition) is 3. The molecule has 1 unspecified atom stereocenters. The van der Waals surface area contributed by atoms with Crippen LogP contribution in [0, 0.1) is 0 Å². The smallest absolute Gasteiger partial charge is 0.252 e. The lowest BCUT2D eigenvalue weighted by atomic mass is 10.3. The van der Waals surface area contributed by atoms with Gasteiger partial charge < -0.3 is 11.5 Å². The number of rotatable bonds is 1. The minimum absolute atomic E-state index is 0.162. The van der Waals surface area contributed by atoms with Crippen LogP contribution in [0.15, 0.2) is 4.99 Å². The molecule has 0 aromatic rings. The van der Waals surface area contributed by atoms with Gasteiger partial charge >= 0.3 is 0 Å². The Hall–Kier alpha value is -1.10. The summed E-state index contributed by atoms with van der Waals surface area (Å²) in [5, 5.41) is 2.33. The molecule has 5 N–H and O–H groups in total. The summed E-state index contributed by atoms with van der Waals surface area (Å²) in [6, 6.07) is -0.468. The lowest BCUT2D eigenvalue weighted by Gasteiger charge is -1.95. The van der Waals surface area contributed by atoms with E-state index in [9.17, 15) is 4.79 Å². The highest BCUT2D eigenvalue weighted by Gasteiger charge is 2.22. The van der Waals surface area contributed by atoms with E-state index in [4.69, 9.17) is 11.5 Å². The summed E-state index contributed by atoms with van der Waals surface area (Å²) in [6.07, 6.45) is 0. The number of amides is 1. The van der Waals surface area contributed by atoms with Gasteiger partial charge in [-0.05, 0) is 0 Å². The van der Waals surface area contributed by atoms with Crippen LogP contribution in [0.25, 0.3) is 0 Å². The number of nitrogens with zero attached hydrogens (tertiary/aromatic N) is 1. The second kappa shape index (κ2) is 2.02. The van der Waals surface area contributed by atoms with E-state index in [1.165, 1.54) is 0 Å². The Morgan fingerprint density at radius 3 is 2.67 bits per heavy atom. The SMILES string of the molecule is NCC1N=C(N)NC1=O. The zero-order valence-electron chi connectivity index (χ0n) is 4.79. The third kappa shape index (κ3) is 0.996. The fourth-order valence-electron chi connectivity index (χ4n) is 0.628. The van der Waals surface area contributed by atoms with Crippen molar-refractivity contribution in [1.82, 2.24) is 5.32 Å². The number of carbonyl (C=O) groups is 1. The van der Waals surface area contributed by atoms with Crippen LogP contribution in [0.1, 0.15) is 0 Å².